The molecule has 0 bridgehead atoms. The van der Waals surface area contributed by atoms with Crippen LogP contribution in [0.1, 0.15) is 41.3 Å². The van der Waals surface area contributed by atoms with Crippen LogP contribution in [0.3, 0.4) is 0 Å². The Labute approximate surface area is 145 Å². The predicted molar refractivity (Wildman–Crippen MR) is 95.6 cm³/mol. The lowest BCUT2D eigenvalue weighted by molar-refractivity contribution is 0.0769. The Morgan fingerprint density at radius 1 is 1.28 bits per heavy atom. The quantitative estimate of drug-likeness (QED) is 0.793. The van der Waals surface area contributed by atoms with E-state index in [4.69, 9.17) is 4.42 Å². The first-order valence-corrected chi connectivity index (χ1v) is 8.49. The third-order valence-corrected chi connectivity index (χ3v) is 4.88. The minimum absolute atomic E-state index is 0.236. The van der Waals surface area contributed by atoms with Crippen molar-refractivity contribution in [1.82, 2.24) is 9.88 Å². The average Bonchev–Trinajstić information content (AvgIpc) is 3.15. The maximum absolute atomic E-state index is 12.7. The lowest BCUT2D eigenvalue weighted by atomic mass is 10.1. The van der Waals surface area contributed by atoms with Crippen LogP contribution >= 0.6 is 0 Å². The van der Waals surface area contributed by atoms with Crippen LogP contribution in [0.5, 0.6) is 0 Å². The Morgan fingerprint density at radius 2 is 2.04 bits per heavy atom. The second-order valence-electron chi connectivity index (χ2n) is 6.88. The number of H-pyrrole nitrogens is 1. The zero-order valence-electron chi connectivity index (χ0n) is 14.3. The van der Waals surface area contributed by atoms with E-state index in [1.54, 1.807) is 30.1 Å². The minimum atomic E-state index is -0.252. The fraction of sp³-hybridized carbons (Fsp3) is 0.300. The van der Waals surface area contributed by atoms with Crippen LogP contribution in [0, 0.1) is 5.92 Å². The summed E-state index contributed by atoms with van der Waals surface area (Å²) in [7, 11) is 1.71. The number of nitrogens with one attached hydrogen (secondary N) is 1. The molecule has 2 heterocycles. The number of furan rings is 1. The topological polar surface area (TPSA) is 66.3 Å². The van der Waals surface area contributed by atoms with E-state index in [1.807, 2.05) is 24.3 Å². The van der Waals surface area contributed by atoms with Crippen LogP contribution in [0.15, 0.2) is 51.7 Å². The van der Waals surface area contributed by atoms with E-state index in [-0.39, 0.29) is 17.2 Å². The molecule has 0 aliphatic heterocycles. The van der Waals surface area contributed by atoms with Gasteiger partial charge >= 0.3 is 0 Å². The van der Waals surface area contributed by atoms with E-state index in [9.17, 15) is 9.59 Å². The van der Waals surface area contributed by atoms with Crippen molar-refractivity contribution in [3.05, 3.63) is 70.0 Å². The van der Waals surface area contributed by atoms with Gasteiger partial charge in [0.1, 0.15) is 17.2 Å². The number of pyridine rings is 1. The summed E-state index contributed by atoms with van der Waals surface area (Å²) in [5.41, 5.74) is 0.0339. The molecule has 1 aliphatic carbocycles. The molecule has 4 rings (SSSR count). The van der Waals surface area contributed by atoms with Gasteiger partial charge in [0.15, 0.2) is 0 Å². The molecule has 1 aromatic carbocycles. The summed E-state index contributed by atoms with van der Waals surface area (Å²) >= 11 is 0. The molecule has 0 spiro atoms. The molecule has 128 valence electrons. The van der Waals surface area contributed by atoms with Gasteiger partial charge in [-0.15, -0.1) is 0 Å². The monoisotopic (exact) mass is 336 g/mol. The maximum atomic E-state index is 12.7. The SMILES string of the molecule is C[C@@H]1C[C@@H]1c1ccc(CN(C)C(=O)c2cc3ccccc3c(=O)[nH]2)o1. The number of hydrogen-bond donors (Lipinski definition) is 1. The molecule has 5 nitrogen and oxygen atoms in total. The number of rotatable bonds is 4. The fourth-order valence-corrected chi connectivity index (χ4v) is 3.23. The van der Waals surface area contributed by atoms with Gasteiger partial charge in [-0.05, 0) is 42.0 Å². The summed E-state index contributed by atoms with van der Waals surface area (Å²) in [6.07, 6.45) is 1.17. The fourth-order valence-electron chi connectivity index (χ4n) is 3.23. The Kier molecular flexibility index (Phi) is 3.71. The summed E-state index contributed by atoms with van der Waals surface area (Å²) in [6.45, 7) is 2.58. The normalized spacial score (nSPS) is 19.1. The number of carbonyl (C=O) groups excluding carboxylic acids is 1. The third kappa shape index (κ3) is 2.97. The highest BCUT2D eigenvalue weighted by Gasteiger charge is 2.36. The molecule has 3 aromatic rings. The molecule has 5 heteroatoms. The van der Waals surface area contributed by atoms with E-state index < -0.39 is 0 Å². The molecule has 0 unspecified atom stereocenters. The molecule has 1 aliphatic rings. The molecule has 1 fully saturated rings. The highest BCUT2D eigenvalue weighted by molar-refractivity contribution is 5.96. The van der Waals surface area contributed by atoms with Crippen molar-refractivity contribution in [2.75, 3.05) is 7.05 Å². The van der Waals surface area contributed by atoms with Crippen molar-refractivity contribution in [2.45, 2.75) is 25.8 Å². The zero-order chi connectivity index (χ0) is 17.6. The van der Waals surface area contributed by atoms with Crippen LogP contribution in [0.4, 0.5) is 0 Å². The average molecular weight is 336 g/mol. The molecule has 0 saturated heterocycles. The van der Waals surface area contributed by atoms with E-state index >= 15 is 0 Å². The number of aromatic nitrogens is 1. The molecular weight excluding hydrogens is 316 g/mol. The summed E-state index contributed by atoms with van der Waals surface area (Å²) in [5, 5.41) is 1.34. The van der Waals surface area contributed by atoms with Gasteiger partial charge in [-0.2, -0.15) is 0 Å². The molecular formula is C20H20N2O3. The molecule has 25 heavy (non-hydrogen) atoms. The van der Waals surface area contributed by atoms with Gasteiger partial charge in [-0.25, -0.2) is 0 Å². The zero-order valence-corrected chi connectivity index (χ0v) is 14.3. The number of fused-ring (bicyclic) bond motifs is 1. The highest BCUT2D eigenvalue weighted by Crippen LogP contribution is 2.47. The van der Waals surface area contributed by atoms with Gasteiger partial charge in [-0.1, -0.05) is 25.1 Å². The third-order valence-electron chi connectivity index (χ3n) is 4.88. The molecule has 2 atom stereocenters. The minimum Gasteiger partial charge on any atom is -0.464 e. The Hall–Kier alpha value is -2.82. The predicted octanol–water partition coefficient (Wildman–Crippen LogP) is 3.52. The number of hydrogen-bond acceptors (Lipinski definition) is 3. The standard InChI is InChI=1S/C20H20N2O3/c1-12-9-16(12)18-8-7-14(25-18)11-22(2)20(24)17-10-13-5-3-4-6-15(13)19(23)21-17/h3-8,10,12,16H,9,11H2,1-2H3,(H,21,23)/t12-,16+/m1/s1. The molecule has 1 saturated carbocycles. The summed E-state index contributed by atoms with van der Waals surface area (Å²) in [5.74, 6) is 2.73. The molecule has 0 radical (unpaired) electrons. The van der Waals surface area contributed by atoms with Gasteiger partial charge in [0.25, 0.3) is 11.5 Å². The number of carbonyl (C=O) groups is 1. The van der Waals surface area contributed by atoms with E-state index in [0.717, 1.165) is 16.9 Å². The molecule has 2 aromatic heterocycles. The summed E-state index contributed by atoms with van der Waals surface area (Å²) in [4.78, 5) is 29.1. The molecule has 1 N–H and O–H groups in total. The number of amides is 1. The lowest BCUT2D eigenvalue weighted by Crippen LogP contribution is -2.28. The first-order chi connectivity index (χ1) is 12.0. The largest absolute Gasteiger partial charge is 0.464 e. The Bertz CT molecular complexity index is 1000. The highest BCUT2D eigenvalue weighted by atomic mass is 16.3. The maximum Gasteiger partial charge on any atom is 0.270 e. The van der Waals surface area contributed by atoms with E-state index in [0.29, 0.717) is 23.8 Å². The van der Waals surface area contributed by atoms with Crippen LogP contribution in [-0.4, -0.2) is 22.8 Å². The Morgan fingerprint density at radius 3 is 2.80 bits per heavy atom. The van der Waals surface area contributed by atoms with Gasteiger partial charge in [0.05, 0.1) is 6.54 Å². The van der Waals surface area contributed by atoms with Gasteiger partial charge < -0.3 is 14.3 Å². The smallest absolute Gasteiger partial charge is 0.270 e. The van der Waals surface area contributed by atoms with Crippen LogP contribution in [-0.2, 0) is 6.54 Å². The van der Waals surface area contributed by atoms with Gasteiger partial charge in [0.2, 0.25) is 0 Å². The van der Waals surface area contributed by atoms with Crippen LogP contribution in [0.2, 0.25) is 0 Å². The summed E-state index contributed by atoms with van der Waals surface area (Å²) < 4.78 is 5.86. The van der Waals surface area contributed by atoms with Crippen LogP contribution in [0.25, 0.3) is 10.8 Å². The van der Waals surface area contributed by atoms with Gasteiger partial charge in [-0.3, -0.25) is 9.59 Å². The van der Waals surface area contributed by atoms with Crippen molar-refractivity contribution < 1.29 is 9.21 Å². The Balaban J connectivity index is 1.54. The first kappa shape index (κ1) is 15.7. The van der Waals surface area contributed by atoms with Crippen molar-refractivity contribution in [3.63, 3.8) is 0 Å². The van der Waals surface area contributed by atoms with Gasteiger partial charge in [0, 0.05) is 18.4 Å². The van der Waals surface area contributed by atoms with E-state index in [1.165, 1.54) is 6.42 Å². The van der Waals surface area contributed by atoms with Crippen molar-refractivity contribution in [3.8, 4) is 0 Å². The second-order valence-corrected chi connectivity index (χ2v) is 6.88. The number of nitrogens with zero attached hydrogens (tertiary/aromatic N) is 1. The molecule has 1 amide bonds. The van der Waals surface area contributed by atoms with E-state index in [2.05, 4.69) is 11.9 Å². The first-order valence-electron chi connectivity index (χ1n) is 8.49. The lowest BCUT2D eigenvalue weighted by Gasteiger charge is -2.16. The van der Waals surface area contributed by atoms with Crippen LogP contribution < -0.4 is 5.56 Å². The van der Waals surface area contributed by atoms with Crippen molar-refractivity contribution in [2.24, 2.45) is 5.92 Å². The number of benzene rings is 1. The summed E-state index contributed by atoms with van der Waals surface area (Å²) in [6, 6.07) is 12.9. The van der Waals surface area contributed by atoms with Crippen molar-refractivity contribution >= 4 is 16.7 Å². The van der Waals surface area contributed by atoms with Crippen molar-refractivity contribution in [1.29, 1.82) is 0 Å². The number of aromatic amines is 1. The second kappa shape index (κ2) is 5.92.